The number of rotatable bonds is 3. The number of aromatic nitrogens is 4. The predicted molar refractivity (Wildman–Crippen MR) is 94.1 cm³/mol. The molecule has 1 aliphatic rings. The third-order valence-electron chi connectivity index (χ3n) is 4.43. The monoisotopic (exact) mass is 354 g/mol. The summed E-state index contributed by atoms with van der Waals surface area (Å²) < 4.78 is 26.8. The molecule has 0 fully saturated rings. The van der Waals surface area contributed by atoms with Crippen molar-refractivity contribution < 1.29 is 13.9 Å². The molecule has 0 unspecified atom stereocenters. The number of hydrogen-bond donors (Lipinski definition) is 0. The number of hydrogen-bond acceptors (Lipinski definition) is 5. The van der Waals surface area contributed by atoms with Gasteiger partial charge in [-0.25, -0.2) is 4.39 Å². The Balaban J connectivity index is 1.96. The quantitative estimate of drug-likeness (QED) is 0.721. The van der Waals surface area contributed by atoms with E-state index in [1.54, 1.807) is 25.6 Å². The Morgan fingerprint density at radius 1 is 1.23 bits per heavy atom. The third kappa shape index (κ3) is 2.84. The molecule has 0 saturated carbocycles. The van der Waals surface area contributed by atoms with Crippen molar-refractivity contribution in [1.82, 2.24) is 19.7 Å². The summed E-state index contributed by atoms with van der Waals surface area (Å²) in [6.07, 6.45) is 4.56. The molecule has 3 aromatic heterocycles. The van der Waals surface area contributed by atoms with Gasteiger partial charge in [-0.15, -0.1) is 0 Å². The summed E-state index contributed by atoms with van der Waals surface area (Å²) in [6.45, 7) is 5.09. The summed E-state index contributed by atoms with van der Waals surface area (Å²) in [4.78, 5) is 8.35. The van der Waals surface area contributed by atoms with Crippen LogP contribution in [0, 0.1) is 5.82 Å². The minimum Gasteiger partial charge on any atom is -0.494 e. The first-order chi connectivity index (χ1) is 12.5. The van der Waals surface area contributed by atoms with E-state index in [4.69, 9.17) is 14.6 Å². The van der Waals surface area contributed by atoms with E-state index < -0.39 is 0 Å². The first-order valence-electron chi connectivity index (χ1n) is 8.32. The van der Waals surface area contributed by atoms with Crippen LogP contribution in [0.2, 0.25) is 0 Å². The van der Waals surface area contributed by atoms with E-state index >= 15 is 0 Å². The van der Waals surface area contributed by atoms with Crippen LogP contribution in [0.1, 0.15) is 19.5 Å². The van der Waals surface area contributed by atoms with Crippen molar-refractivity contribution in [2.75, 3.05) is 7.11 Å². The van der Waals surface area contributed by atoms with Gasteiger partial charge in [0.15, 0.2) is 0 Å². The van der Waals surface area contributed by atoms with Crippen molar-refractivity contribution in [2.24, 2.45) is 0 Å². The van der Waals surface area contributed by atoms with Crippen molar-refractivity contribution in [1.29, 1.82) is 0 Å². The van der Waals surface area contributed by atoms with Crippen LogP contribution in [0.15, 0.2) is 36.8 Å². The van der Waals surface area contributed by atoms with Gasteiger partial charge in [0.25, 0.3) is 0 Å². The fraction of sp³-hybridized carbons (Fsp3) is 0.316. The fourth-order valence-electron chi connectivity index (χ4n) is 3.17. The maximum Gasteiger partial charge on any atom is 0.145 e. The second kappa shape index (κ2) is 6.17. The lowest BCUT2D eigenvalue weighted by Crippen LogP contribution is -2.36. The van der Waals surface area contributed by atoms with Gasteiger partial charge in [0, 0.05) is 17.3 Å². The average molecular weight is 354 g/mol. The zero-order valence-electron chi connectivity index (χ0n) is 14.9. The van der Waals surface area contributed by atoms with Crippen LogP contribution >= 0.6 is 0 Å². The Hall–Kier alpha value is -2.80. The second-order valence-electron chi connectivity index (χ2n) is 6.81. The smallest absolute Gasteiger partial charge is 0.145 e. The SMILES string of the molecule is COc1cnccc1-c1c(-c2ccc(F)cn2)nn2c1COC(C)(C)C2. The Bertz CT molecular complexity index is 951. The molecule has 134 valence electrons. The van der Waals surface area contributed by atoms with Gasteiger partial charge in [-0.2, -0.15) is 5.10 Å². The Morgan fingerprint density at radius 3 is 2.81 bits per heavy atom. The summed E-state index contributed by atoms with van der Waals surface area (Å²) in [7, 11) is 1.60. The van der Waals surface area contributed by atoms with Crippen molar-refractivity contribution in [2.45, 2.75) is 32.6 Å². The summed E-state index contributed by atoms with van der Waals surface area (Å²) >= 11 is 0. The normalized spacial score (nSPS) is 15.5. The van der Waals surface area contributed by atoms with Crippen LogP contribution in [0.25, 0.3) is 22.5 Å². The number of pyridine rings is 2. The zero-order valence-corrected chi connectivity index (χ0v) is 14.9. The molecule has 7 heteroatoms. The van der Waals surface area contributed by atoms with Gasteiger partial charge in [-0.3, -0.25) is 14.6 Å². The Labute approximate surface area is 150 Å². The number of methoxy groups -OCH3 is 1. The minimum atomic E-state index is -0.384. The highest BCUT2D eigenvalue weighted by Gasteiger charge is 2.32. The molecule has 0 aliphatic carbocycles. The maximum absolute atomic E-state index is 13.3. The fourth-order valence-corrected chi connectivity index (χ4v) is 3.17. The van der Waals surface area contributed by atoms with Gasteiger partial charge >= 0.3 is 0 Å². The lowest BCUT2D eigenvalue weighted by molar-refractivity contribution is -0.0657. The van der Waals surface area contributed by atoms with Crippen LogP contribution in [-0.4, -0.2) is 32.5 Å². The Kier molecular flexibility index (Phi) is 3.96. The van der Waals surface area contributed by atoms with Crippen molar-refractivity contribution >= 4 is 0 Å². The molecule has 0 spiro atoms. The molecule has 4 heterocycles. The molecule has 3 aromatic rings. The van der Waals surface area contributed by atoms with E-state index in [1.807, 2.05) is 24.6 Å². The number of ether oxygens (including phenoxy) is 2. The van der Waals surface area contributed by atoms with Crippen LogP contribution in [0.4, 0.5) is 4.39 Å². The number of nitrogens with zero attached hydrogens (tertiary/aromatic N) is 4. The minimum absolute atomic E-state index is 0.313. The number of halogens is 1. The zero-order chi connectivity index (χ0) is 18.3. The second-order valence-corrected chi connectivity index (χ2v) is 6.81. The van der Waals surface area contributed by atoms with E-state index in [0.717, 1.165) is 16.8 Å². The van der Waals surface area contributed by atoms with Crippen molar-refractivity contribution in [3.8, 4) is 28.3 Å². The molecule has 0 atom stereocenters. The molecular formula is C19H19FN4O2. The highest BCUT2D eigenvalue weighted by Crippen LogP contribution is 2.40. The molecule has 0 radical (unpaired) electrons. The molecule has 0 bridgehead atoms. The molecule has 0 N–H and O–H groups in total. The van der Waals surface area contributed by atoms with Gasteiger partial charge in [0.2, 0.25) is 0 Å². The van der Waals surface area contributed by atoms with Gasteiger partial charge in [0.1, 0.15) is 17.3 Å². The van der Waals surface area contributed by atoms with E-state index in [2.05, 4.69) is 9.97 Å². The summed E-state index contributed by atoms with van der Waals surface area (Å²) in [5, 5.41) is 4.77. The highest BCUT2D eigenvalue weighted by atomic mass is 19.1. The molecule has 0 amide bonds. The van der Waals surface area contributed by atoms with Gasteiger partial charge < -0.3 is 9.47 Å². The average Bonchev–Trinajstić information content (AvgIpc) is 2.99. The van der Waals surface area contributed by atoms with Gasteiger partial charge in [-0.1, -0.05) is 0 Å². The maximum atomic E-state index is 13.3. The topological polar surface area (TPSA) is 62.1 Å². The summed E-state index contributed by atoms with van der Waals surface area (Å²) in [5.41, 5.74) is 3.62. The van der Waals surface area contributed by atoms with E-state index in [9.17, 15) is 4.39 Å². The predicted octanol–water partition coefficient (Wildman–Crippen LogP) is 3.46. The molecule has 1 aliphatic heterocycles. The molecule has 0 aromatic carbocycles. The van der Waals surface area contributed by atoms with E-state index in [-0.39, 0.29) is 11.4 Å². The summed E-state index contributed by atoms with van der Waals surface area (Å²) in [6, 6.07) is 4.89. The lowest BCUT2D eigenvalue weighted by atomic mass is 10.00. The molecule has 4 rings (SSSR count). The van der Waals surface area contributed by atoms with Crippen LogP contribution < -0.4 is 4.74 Å². The largest absolute Gasteiger partial charge is 0.494 e. The molecular weight excluding hydrogens is 335 g/mol. The molecule has 0 saturated heterocycles. The molecule has 6 nitrogen and oxygen atoms in total. The van der Waals surface area contributed by atoms with E-state index in [1.165, 1.54) is 12.3 Å². The Morgan fingerprint density at radius 2 is 2.08 bits per heavy atom. The van der Waals surface area contributed by atoms with Crippen LogP contribution in [0.5, 0.6) is 5.75 Å². The lowest BCUT2D eigenvalue weighted by Gasteiger charge is -2.31. The molecule has 26 heavy (non-hydrogen) atoms. The first kappa shape index (κ1) is 16.7. The van der Waals surface area contributed by atoms with E-state index in [0.29, 0.717) is 30.3 Å². The highest BCUT2D eigenvalue weighted by molar-refractivity contribution is 5.84. The summed E-state index contributed by atoms with van der Waals surface area (Å²) in [5.74, 6) is 0.252. The van der Waals surface area contributed by atoms with Gasteiger partial charge in [-0.05, 0) is 32.0 Å². The first-order valence-corrected chi connectivity index (χ1v) is 8.32. The van der Waals surface area contributed by atoms with Gasteiger partial charge in [0.05, 0.1) is 49.6 Å². The van der Waals surface area contributed by atoms with Crippen LogP contribution in [0.3, 0.4) is 0 Å². The third-order valence-corrected chi connectivity index (χ3v) is 4.43. The standard InChI is InChI=1S/C19H19FN4O2/c1-19(2)11-24-15(10-26-19)17(13-6-7-21-9-16(13)25-3)18(23-24)14-5-4-12(20)8-22-14/h4-9H,10-11H2,1-3H3. The number of fused-ring (bicyclic) bond motifs is 1. The van der Waals surface area contributed by atoms with Crippen molar-refractivity contribution in [3.05, 3.63) is 48.3 Å². The van der Waals surface area contributed by atoms with Crippen molar-refractivity contribution in [3.63, 3.8) is 0 Å². The van der Waals surface area contributed by atoms with Crippen LogP contribution in [-0.2, 0) is 17.9 Å².